The Kier molecular flexibility index (Phi) is 5.30. The van der Waals surface area contributed by atoms with Crippen molar-refractivity contribution in [1.29, 1.82) is 0 Å². The number of phenols is 1. The summed E-state index contributed by atoms with van der Waals surface area (Å²) in [6.45, 7) is 0.566. The molecule has 0 radical (unpaired) electrons. The summed E-state index contributed by atoms with van der Waals surface area (Å²) in [6.07, 6.45) is -0.957. The van der Waals surface area contributed by atoms with Crippen LogP contribution in [0.2, 0.25) is 0 Å². The number of benzene rings is 2. The van der Waals surface area contributed by atoms with E-state index in [-0.39, 0.29) is 12.3 Å². The minimum atomic E-state index is -0.989. The third-order valence-corrected chi connectivity index (χ3v) is 3.24. The van der Waals surface area contributed by atoms with Crippen LogP contribution in [0.25, 0.3) is 0 Å². The summed E-state index contributed by atoms with van der Waals surface area (Å²) < 4.78 is 30.9. The van der Waals surface area contributed by atoms with E-state index in [4.69, 9.17) is 4.74 Å². The molecule has 0 spiro atoms. The maximum atomic E-state index is 13.1. The lowest BCUT2D eigenvalue weighted by Crippen LogP contribution is -2.21. The van der Waals surface area contributed by atoms with E-state index in [1.165, 1.54) is 13.2 Å². The van der Waals surface area contributed by atoms with Crippen molar-refractivity contribution in [2.75, 3.05) is 13.7 Å². The second-order valence-corrected chi connectivity index (χ2v) is 4.83. The summed E-state index contributed by atoms with van der Waals surface area (Å²) in [7, 11) is 1.46. The molecule has 0 saturated heterocycles. The van der Waals surface area contributed by atoms with Crippen LogP contribution in [-0.4, -0.2) is 23.9 Å². The van der Waals surface area contributed by atoms with Crippen molar-refractivity contribution in [1.82, 2.24) is 5.32 Å². The number of hydrogen-bond acceptors (Lipinski definition) is 4. The van der Waals surface area contributed by atoms with E-state index in [0.717, 1.165) is 17.7 Å². The second kappa shape index (κ2) is 7.20. The highest BCUT2D eigenvalue weighted by Gasteiger charge is 2.11. The van der Waals surface area contributed by atoms with Crippen LogP contribution in [-0.2, 0) is 6.54 Å². The summed E-state index contributed by atoms with van der Waals surface area (Å²) in [5.74, 6) is -1.53. The van der Waals surface area contributed by atoms with E-state index in [1.807, 2.05) is 0 Å². The van der Waals surface area contributed by atoms with Crippen molar-refractivity contribution in [3.8, 4) is 11.5 Å². The molecule has 0 saturated carbocycles. The SMILES string of the molecule is COc1ccc(CNC[C@@H](O)c2ccc(F)c(F)c2)cc1O. The maximum absolute atomic E-state index is 13.1. The first kappa shape index (κ1) is 16.2. The van der Waals surface area contributed by atoms with E-state index < -0.39 is 17.7 Å². The third kappa shape index (κ3) is 3.93. The molecular weight excluding hydrogens is 292 g/mol. The van der Waals surface area contributed by atoms with Gasteiger partial charge in [-0.15, -0.1) is 0 Å². The molecule has 0 aliphatic heterocycles. The minimum absolute atomic E-state index is 0.0305. The van der Waals surface area contributed by atoms with Crippen molar-refractivity contribution in [3.05, 3.63) is 59.2 Å². The fraction of sp³-hybridized carbons (Fsp3) is 0.250. The van der Waals surface area contributed by atoms with Gasteiger partial charge in [-0.1, -0.05) is 12.1 Å². The summed E-state index contributed by atoms with van der Waals surface area (Å²) >= 11 is 0. The van der Waals surface area contributed by atoms with Crippen molar-refractivity contribution >= 4 is 0 Å². The number of rotatable bonds is 6. The van der Waals surface area contributed by atoms with E-state index in [0.29, 0.717) is 17.9 Å². The molecule has 0 aliphatic carbocycles. The molecular formula is C16H17F2NO3. The molecule has 0 fully saturated rings. The molecule has 0 amide bonds. The highest BCUT2D eigenvalue weighted by Crippen LogP contribution is 2.26. The van der Waals surface area contributed by atoms with Gasteiger partial charge in [-0.3, -0.25) is 0 Å². The molecule has 0 aliphatic rings. The first-order valence-corrected chi connectivity index (χ1v) is 6.71. The largest absolute Gasteiger partial charge is 0.504 e. The molecule has 0 bridgehead atoms. The topological polar surface area (TPSA) is 61.7 Å². The van der Waals surface area contributed by atoms with Crippen LogP contribution in [0, 0.1) is 11.6 Å². The van der Waals surface area contributed by atoms with Gasteiger partial charge in [0.1, 0.15) is 0 Å². The Labute approximate surface area is 127 Å². The zero-order valence-corrected chi connectivity index (χ0v) is 12.0. The molecule has 0 aromatic heterocycles. The molecule has 0 unspecified atom stereocenters. The molecule has 0 heterocycles. The Morgan fingerprint density at radius 2 is 1.91 bits per heavy atom. The van der Waals surface area contributed by atoms with Crippen molar-refractivity contribution in [3.63, 3.8) is 0 Å². The summed E-state index contributed by atoms with van der Waals surface area (Å²) in [5.41, 5.74) is 1.10. The Morgan fingerprint density at radius 1 is 1.14 bits per heavy atom. The summed E-state index contributed by atoms with van der Waals surface area (Å²) in [5, 5.41) is 22.6. The Bertz CT molecular complexity index is 649. The van der Waals surface area contributed by atoms with E-state index in [2.05, 4.69) is 5.32 Å². The quantitative estimate of drug-likeness (QED) is 0.767. The van der Waals surface area contributed by atoms with Gasteiger partial charge < -0.3 is 20.3 Å². The van der Waals surface area contributed by atoms with Crippen molar-refractivity contribution in [2.24, 2.45) is 0 Å². The monoisotopic (exact) mass is 309 g/mol. The van der Waals surface area contributed by atoms with Gasteiger partial charge in [0.05, 0.1) is 13.2 Å². The number of aromatic hydroxyl groups is 1. The number of hydrogen-bond donors (Lipinski definition) is 3. The van der Waals surface area contributed by atoms with E-state index in [9.17, 15) is 19.0 Å². The number of aliphatic hydroxyl groups is 1. The fourth-order valence-corrected chi connectivity index (χ4v) is 2.04. The van der Waals surface area contributed by atoms with Crippen LogP contribution in [0.1, 0.15) is 17.2 Å². The number of aliphatic hydroxyl groups excluding tert-OH is 1. The van der Waals surface area contributed by atoms with Crippen molar-refractivity contribution < 1.29 is 23.7 Å². The molecule has 2 rings (SSSR count). The minimum Gasteiger partial charge on any atom is -0.504 e. The lowest BCUT2D eigenvalue weighted by Gasteiger charge is -2.13. The Balaban J connectivity index is 1.90. The van der Waals surface area contributed by atoms with Gasteiger partial charge in [-0.05, 0) is 35.4 Å². The number of nitrogens with one attached hydrogen (secondary N) is 1. The molecule has 2 aromatic rings. The number of phenolic OH excluding ortho intramolecular Hbond substituents is 1. The zero-order valence-electron chi connectivity index (χ0n) is 12.0. The molecule has 6 heteroatoms. The third-order valence-electron chi connectivity index (χ3n) is 3.24. The predicted octanol–water partition coefficient (Wildman–Crippen LogP) is 2.50. The first-order valence-electron chi connectivity index (χ1n) is 6.71. The van der Waals surface area contributed by atoms with Crippen LogP contribution in [0.3, 0.4) is 0 Å². The van der Waals surface area contributed by atoms with E-state index in [1.54, 1.807) is 18.2 Å². The number of methoxy groups -OCH3 is 1. The fourth-order valence-electron chi connectivity index (χ4n) is 2.04. The van der Waals surface area contributed by atoms with Gasteiger partial charge in [0, 0.05) is 13.1 Å². The second-order valence-electron chi connectivity index (χ2n) is 4.83. The molecule has 4 nitrogen and oxygen atoms in total. The Hall–Kier alpha value is -2.18. The summed E-state index contributed by atoms with van der Waals surface area (Å²) in [4.78, 5) is 0. The molecule has 22 heavy (non-hydrogen) atoms. The Morgan fingerprint density at radius 3 is 2.55 bits per heavy atom. The van der Waals surface area contributed by atoms with Gasteiger partial charge in [-0.25, -0.2) is 8.78 Å². The summed E-state index contributed by atoms with van der Waals surface area (Å²) in [6, 6.07) is 8.25. The van der Waals surface area contributed by atoms with Crippen LogP contribution < -0.4 is 10.1 Å². The van der Waals surface area contributed by atoms with E-state index >= 15 is 0 Å². The van der Waals surface area contributed by atoms with Crippen LogP contribution in [0.5, 0.6) is 11.5 Å². The number of ether oxygens (including phenoxy) is 1. The highest BCUT2D eigenvalue weighted by atomic mass is 19.2. The van der Waals surface area contributed by atoms with Crippen LogP contribution in [0.15, 0.2) is 36.4 Å². The number of halogens is 2. The van der Waals surface area contributed by atoms with Gasteiger partial charge in [0.2, 0.25) is 0 Å². The van der Waals surface area contributed by atoms with Gasteiger partial charge in [0.15, 0.2) is 23.1 Å². The van der Waals surface area contributed by atoms with Crippen LogP contribution in [0.4, 0.5) is 8.78 Å². The molecule has 118 valence electrons. The van der Waals surface area contributed by atoms with Crippen molar-refractivity contribution in [2.45, 2.75) is 12.6 Å². The maximum Gasteiger partial charge on any atom is 0.160 e. The van der Waals surface area contributed by atoms with Gasteiger partial charge in [-0.2, -0.15) is 0 Å². The molecule has 3 N–H and O–H groups in total. The standard InChI is InChI=1S/C16H17F2NO3/c1-22-16-5-2-10(6-14(16)20)8-19-9-15(21)11-3-4-12(17)13(18)7-11/h2-7,15,19-21H,8-9H2,1H3/t15-/m1/s1. The van der Waals surface area contributed by atoms with Gasteiger partial charge in [0.25, 0.3) is 0 Å². The van der Waals surface area contributed by atoms with Gasteiger partial charge >= 0.3 is 0 Å². The smallest absolute Gasteiger partial charge is 0.160 e. The molecule has 2 aromatic carbocycles. The van der Waals surface area contributed by atoms with Crippen LogP contribution >= 0.6 is 0 Å². The molecule has 1 atom stereocenters. The lowest BCUT2D eigenvalue weighted by atomic mass is 10.1. The zero-order chi connectivity index (χ0) is 16.1. The first-order chi connectivity index (χ1) is 10.5. The normalized spacial score (nSPS) is 12.2. The average molecular weight is 309 g/mol. The highest BCUT2D eigenvalue weighted by molar-refractivity contribution is 5.41. The average Bonchev–Trinajstić information content (AvgIpc) is 2.50. The lowest BCUT2D eigenvalue weighted by molar-refractivity contribution is 0.173. The predicted molar refractivity (Wildman–Crippen MR) is 77.7 cm³/mol.